The molecule has 0 rings (SSSR count). The van der Waals surface area contributed by atoms with Gasteiger partial charge in [-0.15, -0.1) is 0 Å². The first-order valence-corrected chi connectivity index (χ1v) is 4.46. The van der Waals surface area contributed by atoms with Gasteiger partial charge < -0.3 is 4.90 Å². The Hall–Kier alpha value is -0.830. The van der Waals surface area contributed by atoms with Crippen LogP contribution in [0, 0.1) is 0 Å². The van der Waals surface area contributed by atoms with Gasteiger partial charge in [0.05, 0.1) is 0 Å². The Morgan fingerprint density at radius 2 is 2.08 bits per heavy atom. The summed E-state index contributed by atoms with van der Waals surface area (Å²) in [7, 11) is 1.67. The molecule has 0 aliphatic rings. The van der Waals surface area contributed by atoms with Crippen molar-refractivity contribution in [2.24, 2.45) is 4.99 Å². The summed E-state index contributed by atoms with van der Waals surface area (Å²) >= 11 is 5.75. The van der Waals surface area contributed by atoms with Gasteiger partial charge in [0.2, 0.25) is 5.91 Å². The standard InChI is InChI=1S/C9H15ClN2O/c1-7(2)11-9(10)5-6-12(4)8(3)13/h5-7H,1-4H3/b6-5+,11-9+. The summed E-state index contributed by atoms with van der Waals surface area (Å²) in [5.74, 6) is -0.0368. The van der Waals surface area contributed by atoms with Crippen LogP contribution in [-0.4, -0.2) is 29.1 Å². The van der Waals surface area contributed by atoms with Crippen LogP contribution in [0.15, 0.2) is 17.3 Å². The number of carbonyl (C=O) groups is 1. The first-order chi connectivity index (χ1) is 5.93. The minimum absolute atomic E-state index is 0.0368. The third-order valence-corrected chi connectivity index (χ3v) is 1.54. The fourth-order valence-corrected chi connectivity index (χ4v) is 0.819. The van der Waals surface area contributed by atoms with Crippen molar-refractivity contribution in [3.05, 3.63) is 12.3 Å². The summed E-state index contributed by atoms with van der Waals surface area (Å²) in [4.78, 5) is 16.3. The summed E-state index contributed by atoms with van der Waals surface area (Å²) in [5.41, 5.74) is 0. The van der Waals surface area contributed by atoms with E-state index in [-0.39, 0.29) is 11.9 Å². The highest BCUT2D eigenvalue weighted by Crippen LogP contribution is 1.96. The maximum atomic E-state index is 10.8. The number of carbonyl (C=O) groups excluding carboxylic acids is 1. The number of hydrogen-bond acceptors (Lipinski definition) is 2. The van der Waals surface area contributed by atoms with Crippen molar-refractivity contribution < 1.29 is 4.79 Å². The van der Waals surface area contributed by atoms with Crippen LogP contribution in [-0.2, 0) is 4.79 Å². The number of nitrogens with zero attached hydrogens (tertiary/aromatic N) is 2. The molecule has 0 aliphatic carbocycles. The molecule has 0 heterocycles. The molecule has 0 saturated carbocycles. The number of aliphatic imine (C=N–C) groups is 1. The van der Waals surface area contributed by atoms with Crippen LogP contribution in [0.1, 0.15) is 20.8 Å². The Bertz CT molecular complexity index is 234. The summed E-state index contributed by atoms with van der Waals surface area (Å²) in [6.07, 6.45) is 3.19. The average molecular weight is 203 g/mol. The van der Waals surface area contributed by atoms with Crippen LogP contribution in [0.4, 0.5) is 0 Å². The summed E-state index contributed by atoms with van der Waals surface area (Å²) in [6.45, 7) is 5.35. The molecule has 0 aromatic rings. The molecule has 0 radical (unpaired) electrons. The molecule has 13 heavy (non-hydrogen) atoms. The number of hydrogen-bond donors (Lipinski definition) is 0. The highest BCUT2D eigenvalue weighted by molar-refractivity contribution is 6.68. The van der Waals surface area contributed by atoms with Crippen LogP contribution in [0.5, 0.6) is 0 Å². The lowest BCUT2D eigenvalue weighted by Gasteiger charge is -2.06. The minimum Gasteiger partial charge on any atom is -0.322 e. The van der Waals surface area contributed by atoms with E-state index in [4.69, 9.17) is 11.6 Å². The molecule has 0 aromatic carbocycles. The molecule has 0 spiro atoms. The molecule has 1 amide bonds. The molecule has 0 saturated heterocycles. The molecule has 0 aromatic heterocycles. The maximum absolute atomic E-state index is 10.8. The van der Waals surface area contributed by atoms with Gasteiger partial charge in [0.15, 0.2) is 0 Å². The lowest BCUT2D eigenvalue weighted by atomic mass is 10.4. The van der Waals surface area contributed by atoms with Gasteiger partial charge in [0.1, 0.15) is 5.17 Å². The van der Waals surface area contributed by atoms with Crippen LogP contribution in [0.2, 0.25) is 0 Å². The van der Waals surface area contributed by atoms with E-state index in [9.17, 15) is 4.79 Å². The summed E-state index contributed by atoms with van der Waals surface area (Å²) in [6, 6.07) is 0.166. The lowest BCUT2D eigenvalue weighted by Crippen LogP contribution is -2.16. The minimum atomic E-state index is -0.0368. The van der Waals surface area contributed by atoms with Crippen molar-refractivity contribution in [2.75, 3.05) is 7.05 Å². The van der Waals surface area contributed by atoms with Crippen molar-refractivity contribution in [2.45, 2.75) is 26.8 Å². The topological polar surface area (TPSA) is 32.7 Å². The normalized spacial score (nSPS) is 12.6. The van der Waals surface area contributed by atoms with Gasteiger partial charge >= 0.3 is 0 Å². The first-order valence-electron chi connectivity index (χ1n) is 4.08. The number of allylic oxidation sites excluding steroid dienone is 1. The van der Waals surface area contributed by atoms with Gasteiger partial charge in [0.25, 0.3) is 0 Å². The number of rotatable bonds is 3. The Kier molecular flexibility index (Phi) is 5.39. The van der Waals surface area contributed by atoms with Crippen LogP contribution < -0.4 is 0 Å². The molecular formula is C9H15ClN2O. The molecule has 0 fully saturated rings. The van der Waals surface area contributed by atoms with Gasteiger partial charge in [0, 0.05) is 26.2 Å². The van der Waals surface area contributed by atoms with Crippen molar-refractivity contribution in [1.29, 1.82) is 0 Å². The van der Waals surface area contributed by atoms with Crippen LogP contribution >= 0.6 is 11.6 Å². The second kappa shape index (κ2) is 5.75. The fraction of sp³-hybridized carbons (Fsp3) is 0.556. The van der Waals surface area contributed by atoms with Crippen molar-refractivity contribution >= 4 is 22.7 Å². The van der Waals surface area contributed by atoms with Gasteiger partial charge in [-0.25, -0.2) is 0 Å². The van der Waals surface area contributed by atoms with E-state index in [0.717, 1.165) is 0 Å². The van der Waals surface area contributed by atoms with Crippen molar-refractivity contribution in [3.8, 4) is 0 Å². The van der Waals surface area contributed by atoms with E-state index in [1.54, 1.807) is 19.3 Å². The quantitative estimate of drug-likeness (QED) is 0.645. The Morgan fingerprint density at radius 1 is 1.54 bits per heavy atom. The maximum Gasteiger partial charge on any atom is 0.223 e. The van der Waals surface area contributed by atoms with Gasteiger partial charge in [-0.1, -0.05) is 11.6 Å². The second-order valence-corrected chi connectivity index (χ2v) is 3.38. The van der Waals surface area contributed by atoms with Crippen LogP contribution in [0.3, 0.4) is 0 Å². The molecule has 3 nitrogen and oxygen atoms in total. The van der Waals surface area contributed by atoms with Crippen LogP contribution in [0.25, 0.3) is 0 Å². The zero-order valence-corrected chi connectivity index (χ0v) is 9.17. The third kappa shape index (κ3) is 6.34. The highest BCUT2D eigenvalue weighted by atomic mass is 35.5. The molecule has 4 heteroatoms. The van der Waals surface area contributed by atoms with Gasteiger partial charge in [-0.3, -0.25) is 9.79 Å². The predicted octanol–water partition coefficient (Wildman–Crippen LogP) is 2.02. The second-order valence-electron chi connectivity index (χ2n) is 2.99. The Labute approximate surface area is 84.1 Å². The monoisotopic (exact) mass is 202 g/mol. The van der Waals surface area contributed by atoms with E-state index in [1.165, 1.54) is 11.8 Å². The number of halogens is 1. The smallest absolute Gasteiger partial charge is 0.223 e. The largest absolute Gasteiger partial charge is 0.322 e. The number of amides is 1. The summed E-state index contributed by atoms with van der Waals surface area (Å²) in [5, 5.41) is 0.406. The van der Waals surface area contributed by atoms with E-state index in [1.807, 2.05) is 13.8 Å². The van der Waals surface area contributed by atoms with Crippen molar-refractivity contribution in [3.63, 3.8) is 0 Å². The van der Waals surface area contributed by atoms with Gasteiger partial charge in [-0.05, 0) is 19.9 Å². The summed E-state index contributed by atoms with van der Waals surface area (Å²) < 4.78 is 0. The molecule has 0 unspecified atom stereocenters. The van der Waals surface area contributed by atoms with Gasteiger partial charge in [-0.2, -0.15) is 0 Å². The predicted molar refractivity (Wildman–Crippen MR) is 56.0 cm³/mol. The molecule has 0 atom stereocenters. The molecule has 0 bridgehead atoms. The highest BCUT2D eigenvalue weighted by Gasteiger charge is 1.96. The fourth-order valence-electron chi connectivity index (χ4n) is 0.568. The third-order valence-electron chi connectivity index (χ3n) is 1.31. The molecular weight excluding hydrogens is 188 g/mol. The van der Waals surface area contributed by atoms with E-state index < -0.39 is 0 Å². The van der Waals surface area contributed by atoms with Crippen molar-refractivity contribution in [1.82, 2.24) is 4.90 Å². The zero-order valence-electron chi connectivity index (χ0n) is 8.41. The molecule has 0 N–H and O–H groups in total. The Balaban J connectivity index is 4.19. The van der Waals surface area contributed by atoms with E-state index >= 15 is 0 Å². The first kappa shape index (κ1) is 12.2. The Morgan fingerprint density at radius 3 is 2.46 bits per heavy atom. The van der Waals surface area contributed by atoms with E-state index in [0.29, 0.717) is 5.17 Å². The lowest BCUT2D eigenvalue weighted by molar-refractivity contribution is -0.125. The zero-order chi connectivity index (χ0) is 10.4. The molecule has 0 aliphatic heterocycles. The average Bonchev–Trinajstić information content (AvgIpc) is 1.98. The SMILES string of the molecule is CC(=O)N(C)/C=C/C(Cl)=N\C(C)C. The molecule has 74 valence electrons. The van der Waals surface area contributed by atoms with E-state index in [2.05, 4.69) is 4.99 Å².